The predicted molar refractivity (Wildman–Crippen MR) is 50.7 cm³/mol. The van der Waals surface area contributed by atoms with Crippen molar-refractivity contribution >= 4 is 0 Å². The third-order valence-corrected chi connectivity index (χ3v) is 3.24. The maximum Gasteiger partial charge on any atom is 0.0660 e. The molecule has 2 aliphatic rings. The van der Waals surface area contributed by atoms with E-state index in [0.717, 1.165) is 5.92 Å². The normalized spacial score (nSPS) is 21.5. The summed E-state index contributed by atoms with van der Waals surface area (Å²) in [5.41, 5.74) is 4.29. The van der Waals surface area contributed by atoms with E-state index in [0.29, 0.717) is 0 Å². The Labute approximate surface area is 77.9 Å². The van der Waals surface area contributed by atoms with Crippen molar-refractivity contribution in [3.8, 4) is 0 Å². The van der Waals surface area contributed by atoms with Gasteiger partial charge >= 0.3 is 0 Å². The Bertz CT molecular complexity index is 312. The van der Waals surface area contributed by atoms with E-state index in [2.05, 4.69) is 15.5 Å². The second-order valence-corrected chi connectivity index (χ2v) is 4.21. The van der Waals surface area contributed by atoms with Crippen LogP contribution in [0.2, 0.25) is 0 Å². The fraction of sp³-hybridized carbons (Fsp3) is 0.700. The van der Waals surface area contributed by atoms with Crippen LogP contribution in [0.1, 0.15) is 23.4 Å². The Hall–Kier alpha value is -0.830. The van der Waals surface area contributed by atoms with E-state index in [1.54, 1.807) is 0 Å². The Morgan fingerprint density at radius 1 is 1.31 bits per heavy atom. The first kappa shape index (κ1) is 7.56. The third kappa shape index (κ3) is 1.18. The molecule has 1 aliphatic carbocycles. The van der Waals surface area contributed by atoms with Crippen LogP contribution in [0.5, 0.6) is 0 Å². The molecular weight excluding hydrogens is 162 g/mol. The van der Waals surface area contributed by atoms with E-state index in [4.69, 9.17) is 0 Å². The van der Waals surface area contributed by atoms with E-state index in [-0.39, 0.29) is 0 Å². The van der Waals surface area contributed by atoms with Gasteiger partial charge in [-0.15, -0.1) is 0 Å². The van der Waals surface area contributed by atoms with Crippen LogP contribution in [0.4, 0.5) is 0 Å². The molecule has 1 fully saturated rings. The van der Waals surface area contributed by atoms with Crippen molar-refractivity contribution in [3.05, 3.63) is 17.0 Å². The lowest BCUT2D eigenvalue weighted by Crippen LogP contribution is -2.43. The molecule has 0 amide bonds. The number of fused-ring (bicyclic) bond motifs is 1. The number of hydrogen-bond acceptors (Lipinski definition) is 2. The van der Waals surface area contributed by atoms with Crippen LogP contribution in [0, 0.1) is 5.92 Å². The summed E-state index contributed by atoms with van der Waals surface area (Å²) in [7, 11) is 0. The number of hydrogen-bond donors (Lipinski definition) is 2. The molecular formula is C10H15N3. The summed E-state index contributed by atoms with van der Waals surface area (Å²) in [4.78, 5) is 0. The highest BCUT2D eigenvalue weighted by atomic mass is 15.1. The van der Waals surface area contributed by atoms with Crippen LogP contribution in [-0.4, -0.2) is 23.3 Å². The first-order valence-electron chi connectivity index (χ1n) is 5.19. The van der Waals surface area contributed by atoms with E-state index < -0.39 is 0 Å². The van der Waals surface area contributed by atoms with Crippen LogP contribution in [-0.2, 0) is 19.3 Å². The molecule has 1 aromatic heterocycles. The Morgan fingerprint density at radius 3 is 3.00 bits per heavy atom. The van der Waals surface area contributed by atoms with Gasteiger partial charge in [-0.3, -0.25) is 5.10 Å². The van der Waals surface area contributed by atoms with Crippen molar-refractivity contribution in [1.29, 1.82) is 0 Å². The number of rotatable bonds is 2. The first-order valence-corrected chi connectivity index (χ1v) is 5.19. The standard InChI is InChI=1S/C10H15N3/c1-2-8-9(3-1)12-13-10(8)4-7-5-11-6-7/h7,11H,1-6H2,(H,12,13). The van der Waals surface area contributed by atoms with Crippen LogP contribution < -0.4 is 5.32 Å². The Balaban J connectivity index is 1.79. The molecule has 1 saturated heterocycles. The lowest BCUT2D eigenvalue weighted by molar-refractivity contribution is 0.343. The third-order valence-electron chi connectivity index (χ3n) is 3.24. The topological polar surface area (TPSA) is 40.7 Å². The molecule has 0 aromatic carbocycles. The lowest BCUT2D eigenvalue weighted by Gasteiger charge is -2.26. The van der Waals surface area contributed by atoms with E-state index >= 15 is 0 Å². The van der Waals surface area contributed by atoms with Gasteiger partial charge < -0.3 is 5.32 Å². The summed E-state index contributed by atoms with van der Waals surface area (Å²) in [5, 5.41) is 10.9. The zero-order valence-corrected chi connectivity index (χ0v) is 7.77. The average molecular weight is 177 g/mol. The lowest BCUT2D eigenvalue weighted by atomic mass is 9.95. The number of aromatic nitrogens is 2. The number of nitrogens with one attached hydrogen (secondary N) is 2. The first-order chi connectivity index (χ1) is 6.43. The smallest absolute Gasteiger partial charge is 0.0660 e. The molecule has 2 N–H and O–H groups in total. The SMILES string of the molecule is C1Cc2[nH]nc(CC3CNC3)c2C1. The van der Waals surface area contributed by atoms with Gasteiger partial charge in [0.1, 0.15) is 0 Å². The maximum absolute atomic E-state index is 4.41. The fourth-order valence-electron chi connectivity index (χ4n) is 2.32. The van der Waals surface area contributed by atoms with Gasteiger partial charge in [0.2, 0.25) is 0 Å². The average Bonchev–Trinajstić information content (AvgIpc) is 2.58. The van der Waals surface area contributed by atoms with Crippen molar-refractivity contribution in [2.24, 2.45) is 5.92 Å². The van der Waals surface area contributed by atoms with Gasteiger partial charge in [-0.05, 0) is 50.3 Å². The van der Waals surface area contributed by atoms with Crippen molar-refractivity contribution in [3.63, 3.8) is 0 Å². The van der Waals surface area contributed by atoms with Crippen molar-refractivity contribution < 1.29 is 0 Å². The van der Waals surface area contributed by atoms with E-state index in [1.807, 2.05) is 0 Å². The highest BCUT2D eigenvalue weighted by Crippen LogP contribution is 2.25. The van der Waals surface area contributed by atoms with Gasteiger partial charge in [-0.2, -0.15) is 5.10 Å². The van der Waals surface area contributed by atoms with Crippen LogP contribution in [0.25, 0.3) is 0 Å². The van der Waals surface area contributed by atoms with E-state index in [1.165, 1.54) is 55.7 Å². The summed E-state index contributed by atoms with van der Waals surface area (Å²) in [6.45, 7) is 2.36. The second kappa shape index (κ2) is 2.84. The highest BCUT2D eigenvalue weighted by Gasteiger charge is 2.23. The minimum absolute atomic E-state index is 0.841. The van der Waals surface area contributed by atoms with Gasteiger partial charge in [0.05, 0.1) is 5.69 Å². The minimum Gasteiger partial charge on any atom is -0.316 e. The highest BCUT2D eigenvalue weighted by molar-refractivity contribution is 5.29. The molecule has 0 spiro atoms. The minimum atomic E-state index is 0.841. The van der Waals surface area contributed by atoms with Crippen molar-refractivity contribution in [1.82, 2.24) is 15.5 Å². The molecule has 0 radical (unpaired) electrons. The summed E-state index contributed by atoms with van der Waals surface area (Å²) >= 11 is 0. The fourth-order valence-corrected chi connectivity index (χ4v) is 2.32. The number of aryl methyl sites for hydroxylation is 1. The Morgan fingerprint density at radius 2 is 2.23 bits per heavy atom. The predicted octanol–water partition coefficient (Wildman–Crippen LogP) is 0.660. The summed E-state index contributed by atoms with van der Waals surface area (Å²) in [6.07, 6.45) is 4.96. The van der Waals surface area contributed by atoms with Gasteiger partial charge in [0.25, 0.3) is 0 Å². The molecule has 13 heavy (non-hydrogen) atoms. The molecule has 3 heteroatoms. The van der Waals surface area contributed by atoms with Crippen LogP contribution >= 0.6 is 0 Å². The summed E-state index contributed by atoms with van der Waals surface area (Å²) in [5.74, 6) is 0.841. The van der Waals surface area contributed by atoms with E-state index in [9.17, 15) is 0 Å². The molecule has 70 valence electrons. The molecule has 1 aliphatic heterocycles. The van der Waals surface area contributed by atoms with Crippen LogP contribution in [0.3, 0.4) is 0 Å². The zero-order valence-electron chi connectivity index (χ0n) is 7.77. The van der Waals surface area contributed by atoms with Crippen LogP contribution in [0.15, 0.2) is 0 Å². The molecule has 0 saturated carbocycles. The molecule has 0 bridgehead atoms. The Kier molecular flexibility index (Phi) is 1.65. The quantitative estimate of drug-likeness (QED) is 0.696. The number of aromatic amines is 1. The zero-order chi connectivity index (χ0) is 8.67. The monoisotopic (exact) mass is 177 g/mol. The second-order valence-electron chi connectivity index (χ2n) is 4.21. The summed E-state index contributed by atoms with van der Waals surface area (Å²) < 4.78 is 0. The molecule has 3 nitrogen and oxygen atoms in total. The molecule has 2 heterocycles. The molecule has 1 aromatic rings. The maximum atomic E-state index is 4.41. The summed E-state index contributed by atoms with van der Waals surface area (Å²) in [6, 6.07) is 0. The van der Waals surface area contributed by atoms with Gasteiger partial charge in [0.15, 0.2) is 0 Å². The van der Waals surface area contributed by atoms with Gasteiger partial charge in [-0.1, -0.05) is 0 Å². The molecule has 0 unspecified atom stereocenters. The number of nitrogens with zero attached hydrogens (tertiary/aromatic N) is 1. The number of H-pyrrole nitrogens is 1. The van der Waals surface area contributed by atoms with Gasteiger partial charge in [-0.25, -0.2) is 0 Å². The molecule has 0 atom stereocenters. The van der Waals surface area contributed by atoms with Gasteiger partial charge in [0, 0.05) is 5.69 Å². The largest absolute Gasteiger partial charge is 0.316 e. The molecule has 3 rings (SSSR count). The van der Waals surface area contributed by atoms with Crippen molar-refractivity contribution in [2.75, 3.05) is 13.1 Å². The van der Waals surface area contributed by atoms with Crippen molar-refractivity contribution in [2.45, 2.75) is 25.7 Å².